The Morgan fingerprint density at radius 2 is 2.44 bits per heavy atom. The van der Waals surface area contributed by atoms with Gasteiger partial charge in [0.1, 0.15) is 6.42 Å². The van der Waals surface area contributed by atoms with Crippen LogP contribution >= 0.6 is 15.9 Å². The third-order valence-corrected chi connectivity index (χ3v) is 2.80. The number of hydrogen-bond donors (Lipinski definition) is 2. The Morgan fingerprint density at radius 1 is 1.61 bits per heavy atom. The Hall–Kier alpha value is -2.13. The van der Waals surface area contributed by atoms with Gasteiger partial charge in [0.15, 0.2) is 0 Å². The van der Waals surface area contributed by atoms with Gasteiger partial charge in [0.2, 0.25) is 0 Å². The summed E-state index contributed by atoms with van der Waals surface area (Å²) in [6.45, 7) is 0. The molecule has 2 rings (SSSR count). The Bertz CT molecular complexity index is 654. The minimum atomic E-state index is -0.422. The van der Waals surface area contributed by atoms with Crippen molar-refractivity contribution in [1.29, 1.82) is 5.26 Å². The van der Waals surface area contributed by atoms with Crippen molar-refractivity contribution in [3.05, 3.63) is 34.4 Å². The molecule has 0 atom stereocenters. The van der Waals surface area contributed by atoms with E-state index in [2.05, 4.69) is 31.4 Å². The van der Waals surface area contributed by atoms with E-state index >= 15 is 0 Å². The molecule has 0 aliphatic heterocycles. The molecule has 0 aliphatic carbocycles. The normalized spacial score (nSPS) is 10.7. The van der Waals surface area contributed by atoms with Crippen molar-refractivity contribution in [2.45, 2.75) is 6.42 Å². The molecule has 0 bridgehead atoms. The van der Waals surface area contributed by atoms with Crippen LogP contribution in [0.4, 0.5) is 0 Å². The summed E-state index contributed by atoms with van der Waals surface area (Å²) < 4.78 is 0.970. The fourth-order valence-electron chi connectivity index (χ4n) is 1.51. The lowest BCUT2D eigenvalue weighted by molar-refractivity contribution is -0.120. The second kappa shape index (κ2) is 5.47. The number of nitrogens with zero attached hydrogens (tertiary/aromatic N) is 2. The molecule has 6 heteroatoms. The van der Waals surface area contributed by atoms with Gasteiger partial charge in [0.25, 0.3) is 5.91 Å². The van der Waals surface area contributed by atoms with Crippen LogP contribution in [0.3, 0.4) is 0 Å². The van der Waals surface area contributed by atoms with Crippen LogP contribution in [-0.4, -0.2) is 17.1 Å². The highest BCUT2D eigenvalue weighted by Crippen LogP contribution is 2.21. The van der Waals surface area contributed by atoms with Crippen molar-refractivity contribution >= 4 is 39.0 Å². The first-order valence-corrected chi connectivity index (χ1v) is 5.95. The van der Waals surface area contributed by atoms with Crippen LogP contribution in [0, 0.1) is 11.3 Å². The molecule has 0 radical (unpaired) electrons. The van der Waals surface area contributed by atoms with Crippen LogP contribution < -0.4 is 5.43 Å². The molecule has 1 amide bonds. The van der Waals surface area contributed by atoms with E-state index in [1.807, 2.05) is 18.2 Å². The van der Waals surface area contributed by atoms with Gasteiger partial charge in [-0.25, -0.2) is 5.43 Å². The van der Waals surface area contributed by atoms with Gasteiger partial charge in [-0.1, -0.05) is 15.9 Å². The van der Waals surface area contributed by atoms with E-state index in [0.29, 0.717) is 0 Å². The summed E-state index contributed by atoms with van der Waals surface area (Å²) >= 11 is 3.40. The SMILES string of the molecule is N#CCC(=O)N/N=C/c1c[nH]c2ccc(Br)cc12. The number of benzene rings is 1. The van der Waals surface area contributed by atoms with Crippen LogP contribution in [0.15, 0.2) is 34.0 Å². The lowest BCUT2D eigenvalue weighted by Gasteiger charge is -1.94. The van der Waals surface area contributed by atoms with Gasteiger partial charge < -0.3 is 4.98 Å². The van der Waals surface area contributed by atoms with E-state index in [1.165, 1.54) is 0 Å². The number of halogens is 1. The van der Waals surface area contributed by atoms with E-state index < -0.39 is 5.91 Å². The number of H-pyrrole nitrogens is 1. The minimum absolute atomic E-state index is 0.198. The van der Waals surface area contributed by atoms with E-state index in [1.54, 1.807) is 18.5 Å². The molecule has 0 unspecified atom stereocenters. The van der Waals surface area contributed by atoms with E-state index in [0.717, 1.165) is 20.9 Å². The van der Waals surface area contributed by atoms with Crippen molar-refractivity contribution in [3.63, 3.8) is 0 Å². The number of rotatable bonds is 3. The number of carbonyl (C=O) groups is 1. The molecule has 1 aromatic carbocycles. The van der Waals surface area contributed by atoms with Gasteiger partial charge in [-0.2, -0.15) is 10.4 Å². The number of fused-ring (bicyclic) bond motifs is 1. The van der Waals surface area contributed by atoms with Gasteiger partial charge in [-0.3, -0.25) is 4.79 Å². The van der Waals surface area contributed by atoms with Crippen LogP contribution in [0.5, 0.6) is 0 Å². The van der Waals surface area contributed by atoms with Crippen LogP contribution in [-0.2, 0) is 4.79 Å². The molecule has 18 heavy (non-hydrogen) atoms. The summed E-state index contributed by atoms with van der Waals surface area (Å²) in [7, 11) is 0. The molecule has 90 valence electrons. The van der Waals surface area contributed by atoms with Crippen LogP contribution in [0.1, 0.15) is 12.0 Å². The molecule has 1 heterocycles. The molecule has 2 aromatic rings. The lowest BCUT2D eigenvalue weighted by atomic mass is 10.2. The number of carbonyl (C=O) groups excluding carboxylic acids is 1. The molecule has 0 saturated heterocycles. The van der Waals surface area contributed by atoms with Gasteiger partial charge >= 0.3 is 0 Å². The monoisotopic (exact) mass is 304 g/mol. The molecule has 0 fully saturated rings. The second-order valence-corrected chi connectivity index (χ2v) is 4.48. The fourth-order valence-corrected chi connectivity index (χ4v) is 1.87. The molecule has 1 aromatic heterocycles. The van der Waals surface area contributed by atoms with Crippen molar-refractivity contribution < 1.29 is 4.79 Å². The molecule has 2 N–H and O–H groups in total. The summed E-state index contributed by atoms with van der Waals surface area (Å²) in [5, 5.41) is 13.1. The highest BCUT2D eigenvalue weighted by atomic mass is 79.9. The number of hydrogen-bond acceptors (Lipinski definition) is 3. The van der Waals surface area contributed by atoms with Gasteiger partial charge in [-0.15, -0.1) is 0 Å². The molecule has 0 aliphatic rings. The van der Waals surface area contributed by atoms with Crippen LogP contribution in [0.25, 0.3) is 10.9 Å². The summed E-state index contributed by atoms with van der Waals surface area (Å²) in [5.41, 5.74) is 4.14. The quantitative estimate of drug-likeness (QED) is 0.674. The maximum Gasteiger partial charge on any atom is 0.254 e. The standard InChI is InChI=1S/C12H9BrN4O/c13-9-1-2-11-10(5-9)8(6-15-11)7-16-17-12(18)3-4-14/h1-2,5-7,15H,3H2,(H,17,18)/b16-7+. The van der Waals surface area contributed by atoms with Crippen molar-refractivity contribution in [1.82, 2.24) is 10.4 Å². The maximum atomic E-state index is 11.0. The number of aromatic amines is 1. The Labute approximate surface area is 112 Å². The smallest absolute Gasteiger partial charge is 0.254 e. The number of nitriles is 1. The van der Waals surface area contributed by atoms with E-state index in [-0.39, 0.29) is 6.42 Å². The van der Waals surface area contributed by atoms with Gasteiger partial charge in [0, 0.05) is 27.1 Å². The summed E-state index contributed by atoms with van der Waals surface area (Å²) in [4.78, 5) is 14.1. The molecular weight excluding hydrogens is 296 g/mol. The predicted octanol–water partition coefficient (Wildman–Crippen LogP) is 2.29. The van der Waals surface area contributed by atoms with Crippen molar-refractivity contribution in [3.8, 4) is 6.07 Å². The zero-order valence-electron chi connectivity index (χ0n) is 9.27. The predicted molar refractivity (Wildman–Crippen MR) is 72.0 cm³/mol. The Balaban J connectivity index is 2.17. The van der Waals surface area contributed by atoms with Crippen LogP contribution in [0.2, 0.25) is 0 Å². The van der Waals surface area contributed by atoms with Gasteiger partial charge in [0.05, 0.1) is 12.3 Å². The number of hydrazone groups is 1. The highest BCUT2D eigenvalue weighted by molar-refractivity contribution is 9.10. The average Bonchev–Trinajstić information content (AvgIpc) is 2.72. The average molecular weight is 305 g/mol. The Morgan fingerprint density at radius 3 is 3.22 bits per heavy atom. The largest absolute Gasteiger partial charge is 0.361 e. The third-order valence-electron chi connectivity index (χ3n) is 2.31. The molecule has 0 saturated carbocycles. The number of amides is 1. The van der Waals surface area contributed by atoms with Crippen molar-refractivity contribution in [2.75, 3.05) is 0 Å². The first-order chi connectivity index (χ1) is 8.70. The molecular formula is C12H9BrN4O. The summed E-state index contributed by atoms with van der Waals surface area (Å²) in [6.07, 6.45) is 3.15. The third kappa shape index (κ3) is 2.76. The van der Waals surface area contributed by atoms with E-state index in [9.17, 15) is 4.79 Å². The number of aromatic nitrogens is 1. The Kier molecular flexibility index (Phi) is 3.75. The molecule has 5 nitrogen and oxygen atoms in total. The number of nitrogens with one attached hydrogen (secondary N) is 2. The zero-order chi connectivity index (χ0) is 13.0. The topological polar surface area (TPSA) is 81.0 Å². The summed E-state index contributed by atoms with van der Waals surface area (Å²) in [6, 6.07) is 7.60. The summed E-state index contributed by atoms with van der Waals surface area (Å²) in [5.74, 6) is -0.422. The lowest BCUT2D eigenvalue weighted by Crippen LogP contribution is -2.16. The first kappa shape index (κ1) is 12.3. The van der Waals surface area contributed by atoms with Gasteiger partial charge in [-0.05, 0) is 18.2 Å². The maximum absolute atomic E-state index is 11.0. The first-order valence-electron chi connectivity index (χ1n) is 5.16. The molecule has 0 spiro atoms. The second-order valence-electron chi connectivity index (χ2n) is 3.56. The zero-order valence-corrected chi connectivity index (χ0v) is 10.9. The van der Waals surface area contributed by atoms with E-state index in [4.69, 9.17) is 5.26 Å². The minimum Gasteiger partial charge on any atom is -0.361 e. The fraction of sp³-hybridized carbons (Fsp3) is 0.0833. The highest BCUT2D eigenvalue weighted by Gasteiger charge is 2.02. The van der Waals surface area contributed by atoms with Crippen molar-refractivity contribution in [2.24, 2.45) is 5.10 Å².